The molecule has 0 heterocycles. The summed E-state index contributed by atoms with van der Waals surface area (Å²) in [6.07, 6.45) is 0. The summed E-state index contributed by atoms with van der Waals surface area (Å²) in [4.78, 5) is 0. The Morgan fingerprint density at radius 2 is 0.500 bits per heavy atom. The molecule has 0 atom stereocenters. The van der Waals surface area contributed by atoms with Crippen LogP contribution in [0, 0.1) is 0 Å². The van der Waals surface area contributed by atoms with Gasteiger partial charge in [0.25, 0.3) is 0 Å². The summed E-state index contributed by atoms with van der Waals surface area (Å²) >= 11 is 0. The molecule has 0 spiro atoms. The number of hydrogen-bond donors (Lipinski definition) is 0. The van der Waals surface area contributed by atoms with E-state index in [0.717, 1.165) is 0 Å². The van der Waals surface area contributed by atoms with Crippen LogP contribution in [0.1, 0.15) is 0 Å². The Labute approximate surface area is 99.8 Å². The number of hydrogen-bond acceptors (Lipinski definition) is 0. The third kappa shape index (κ3) is 9.02. The van der Waals surface area contributed by atoms with Crippen molar-refractivity contribution in [3.05, 3.63) is 0 Å². The van der Waals surface area contributed by atoms with Gasteiger partial charge in [-0.1, -0.05) is 0 Å². The average molecular weight is 101 g/mol. The Kier molecular flexibility index (Phi) is 107. The molecule has 0 aliphatic rings. The first kappa shape index (κ1) is 26.4. The van der Waals surface area contributed by atoms with E-state index in [4.69, 9.17) is 0 Å². The van der Waals surface area contributed by atoms with Crippen molar-refractivity contribution >= 4 is 13.5 Å². The molecule has 4 heteroatoms. The van der Waals surface area contributed by atoms with Gasteiger partial charge in [-0.15, -0.1) is 0 Å². The maximum atomic E-state index is 0. The first-order chi connectivity index (χ1) is 0. The van der Waals surface area contributed by atoms with Crippen LogP contribution in [-0.4, -0.2) is 0 Å². The largest absolute Gasteiger partial charge is 2.00 e. The second kappa shape index (κ2) is 16.2. The zero-order valence-corrected chi connectivity index (χ0v) is 10.2. The molecule has 0 radical (unpaired) electrons. The van der Waals surface area contributed by atoms with Gasteiger partial charge in [0, 0.05) is 0 Å². The summed E-state index contributed by atoms with van der Waals surface area (Å²) in [6.45, 7) is 0. The van der Waals surface area contributed by atoms with Crippen LogP contribution in [0.5, 0.6) is 0 Å². The summed E-state index contributed by atoms with van der Waals surface area (Å²) in [5.74, 6) is 0. The third-order valence-corrected chi connectivity index (χ3v) is 0. The Balaban J connectivity index is 0. The second-order valence-electron chi connectivity index (χ2n) is 0. The van der Waals surface area contributed by atoms with E-state index in [0.29, 0.717) is 0 Å². The smallest absolute Gasteiger partial charge is 1.00 e. The maximum absolute atomic E-state index is 0. The minimum absolute atomic E-state index is 0. The van der Waals surface area contributed by atoms with Crippen molar-refractivity contribution in [1.29, 1.82) is 0 Å². The Hall–Kier alpha value is 3.35. The van der Waals surface area contributed by atoms with Crippen LogP contribution in [0.15, 0.2) is 0 Å². The van der Waals surface area contributed by atoms with E-state index in [2.05, 4.69) is 0 Å². The van der Waals surface area contributed by atoms with Gasteiger partial charge in [-0.2, -0.15) is 0 Å². The minimum atomic E-state index is 0. The van der Waals surface area contributed by atoms with E-state index < -0.39 is 0 Å². The van der Waals surface area contributed by atoms with Gasteiger partial charge in [0.05, 0.1) is 0 Å². The van der Waals surface area contributed by atoms with Gasteiger partial charge in [0.2, 0.25) is 0 Å². The summed E-state index contributed by atoms with van der Waals surface area (Å²) < 4.78 is 0. The molecular weight excluding hydrogens is 101 g/mol. The summed E-state index contributed by atoms with van der Waals surface area (Å²) in [7, 11) is 0. The maximum Gasteiger partial charge on any atom is 1.00 e. The van der Waals surface area contributed by atoms with E-state index in [9.17, 15) is 0 Å². The average Bonchev–Trinajstić information content (AvgIpc) is 0. The molecule has 0 aromatic heterocycles. The van der Waals surface area contributed by atoms with Crippen molar-refractivity contribution < 1.29 is 88.7 Å². The molecular formula is Na3S+. The van der Waals surface area contributed by atoms with Crippen molar-refractivity contribution in [2.45, 2.75) is 0 Å². The fourth-order valence-corrected chi connectivity index (χ4v) is 0. The van der Waals surface area contributed by atoms with Crippen LogP contribution in [0.4, 0.5) is 0 Å². The van der Waals surface area contributed by atoms with Crippen molar-refractivity contribution in [2.75, 3.05) is 0 Å². The molecule has 0 saturated carbocycles. The van der Waals surface area contributed by atoms with Crippen molar-refractivity contribution in [3.63, 3.8) is 0 Å². The standard InChI is InChI=1S/3Na.S/q3*+1;-2. The summed E-state index contributed by atoms with van der Waals surface area (Å²) in [5.41, 5.74) is 0. The molecule has 0 N–H and O–H groups in total. The zero-order chi connectivity index (χ0) is 0. The van der Waals surface area contributed by atoms with Crippen LogP contribution >= 0.6 is 0 Å². The van der Waals surface area contributed by atoms with E-state index in [1.165, 1.54) is 0 Å². The molecule has 0 bridgehead atoms. The minimum Gasteiger partial charge on any atom is -2.00 e. The van der Waals surface area contributed by atoms with Crippen molar-refractivity contribution in [1.82, 2.24) is 0 Å². The molecule has 8 valence electrons. The topological polar surface area (TPSA) is 0 Å². The van der Waals surface area contributed by atoms with E-state index in [1.807, 2.05) is 0 Å². The summed E-state index contributed by atoms with van der Waals surface area (Å²) in [5, 5.41) is 0. The third-order valence-electron chi connectivity index (χ3n) is 0. The Morgan fingerprint density at radius 3 is 0.500 bits per heavy atom. The van der Waals surface area contributed by atoms with Crippen LogP contribution in [0.2, 0.25) is 0 Å². The molecule has 0 fully saturated rings. The van der Waals surface area contributed by atoms with Crippen molar-refractivity contribution in [2.24, 2.45) is 0 Å². The zero-order valence-electron chi connectivity index (χ0n) is 3.41. The monoisotopic (exact) mass is 101 g/mol. The predicted octanol–water partition coefficient (Wildman–Crippen LogP) is -8.99. The fourth-order valence-electron chi connectivity index (χ4n) is 0. The van der Waals surface area contributed by atoms with Gasteiger partial charge < -0.3 is 13.5 Å². The Morgan fingerprint density at radius 1 is 0.500 bits per heavy atom. The predicted molar refractivity (Wildman–Crippen MR) is 7.37 cm³/mol. The SMILES string of the molecule is [Na+].[Na+].[Na+].[S-2]. The van der Waals surface area contributed by atoms with Gasteiger partial charge in [-0.3, -0.25) is 0 Å². The molecule has 0 aliphatic heterocycles. The molecule has 0 saturated heterocycles. The molecule has 4 heavy (non-hydrogen) atoms. The molecule has 0 nitrogen and oxygen atoms in total. The first-order valence-corrected chi connectivity index (χ1v) is 0. The van der Waals surface area contributed by atoms with Crippen LogP contribution in [0.25, 0.3) is 0 Å². The first-order valence-electron chi connectivity index (χ1n) is 0. The molecule has 0 aliphatic carbocycles. The normalized spacial score (nSPS) is 0. The second-order valence-corrected chi connectivity index (χ2v) is 0. The van der Waals surface area contributed by atoms with Gasteiger partial charge in [0.1, 0.15) is 0 Å². The van der Waals surface area contributed by atoms with Gasteiger partial charge >= 0.3 is 88.7 Å². The quantitative estimate of drug-likeness (QED) is 0.266. The molecule has 0 rings (SSSR count). The van der Waals surface area contributed by atoms with E-state index in [-0.39, 0.29) is 102 Å². The molecule has 0 aromatic carbocycles. The van der Waals surface area contributed by atoms with Crippen molar-refractivity contribution in [3.8, 4) is 0 Å². The van der Waals surface area contributed by atoms with Crippen LogP contribution in [0.3, 0.4) is 0 Å². The Bertz CT molecular complexity index is 3.25. The molecule has 0 unspecified atom stereocenters. The van der Waals surface area contributed by atoms with Gasteiger partial charge in [-0.05, 0) is 0 Å². The van der Waals surface area contributed by atoms with Gasteiger partial charge in [-0.25, -0.2) is 0 Å². The van der Waals surface area contributed by atoms with E-state index in [1.54, 1.807) is 0 Å². The molecule has 0 aromatic rings. The van der Waals surface area contributed by atoms with Gasteiger partial charge in [0.15, 0.2) is 0 Å². The fraction of sp³-hybridized carbons (Fsp3) is 0. The van der Waals surface area contributed by atoms with Crippen LogP contribution < -0.4 is 88.7 Å². The summed E-state index contributed by atoms with van der Waals surface area (Å²) in [6, 6.07) is 0. The van der Waals surface area contributed by atoms with E-state index >= 15 is 0 Å². The van der Waals surface area contributed by atoms with Crippen LogP contribution in [-0.2, 0) is 13.5 Å². The molecule has 0 amide bonds. The number of rotatable bonds is 0.